The Balaban J connectivity index is 1.44. The molecule has 10 heteroatoms. The van der Waals surface area contributed by atoms with E-state index in [0.717, 1.165) is 22.5 Å². The molecule has 2 heterocycles. The fraction of sp³-hybridized carbons (Fsp3) is 0.400. The van der Waals surface area contributed by atoms with E-state index in [-0.39, 0.29) is 4.90 Å². The number of ether oxygens (including phenoxy) is 3. The average molecular weight is 521 g/mol. The van der Waals surface area contributed by atoms with Gasteiger partial charge in [-0.3, -0.25) is 0 Å². The summed E-state index contributed by atoms with van der Waals surface area (Å²) < 4.78 is 56.2. The highest BCUT2D eigenvalue weighted by atomic mass is 32.2. The number of piperidine rings is 1. The molecule has 7 nitrogen and oxygen atoms in total. The van der Waals surface area contributed by atoms with Crippen LogP contribution in [-0.4, -0.2) is 53.1 Å². The zero-order valence-corrected chi connectivity index (χ0v) is 21.8. The van der Waals surface area contributed by atoms with E-state index >= 15 is 0 Å². The summed E-state index contributed by atoms with van der Waals surface area (Å²) in [4.78, 5) is 7.00. The van der Waals surface area contributed by atoms with E-state index in [1.807, 2.05) is 17.5 Å². The zero-order chi connectivity index (χ0) is 25.2. The summed E-state index contributed by atoms with van der Waals surface area (Å²) in [5.74, 6) is 1.20. The van der Waals surface area contributed by atoms with E-state index < -0.39 is 20.9 Å². The van der Waals surface area contributed by atoms with E-state index in [4.69, 9.17) is 19.2 Å². The van der Waals surface area contributed by atoms with E-state index in [9.17, 15) is 12.8 Å². The summed E-state index contributed by atoms with van der Waals surface area (Å²) in [6.07, 6.45) is 1.54. The highest BCUT2D eigenvalue weighted by molar-refractivity contribution is 7.92. The van der Waals surface area contributed by atoms with Gasteiger partial charge in [0.1, 0.15) is 5.82 Å². The number of anilines is 1. The Morgan fingerprint density at radius 1 is 1.06 bits per heavy atom. The topological polar surface area (TPSA) is 78.0 Å². The van der Waals surface area contributed by atoms with Crippen molar-refractivity contribution in [2.24, 2.45) is 0 Å². The van der Waals surface area contributed by atoms with Crippen LogP contribution in [0.2, 0.25) is 0 Å². The van der Waals surface area contributed by atoms with Crippen LogP contribution in [-0.2, 0) is 16.3 Å². The number of nitrogens with zero attached hydrogens (tertiary/aromatic N) is 2. The van der Waals surface area contributed by atoms with E-state index in [1.165, 1.54) is 12.1 Å². The van der Waals surface area contributed by atoms with Crippen molar-refractivity contribution in [3.8, 4) is 17.2 Å². The lowest BCUT2D eigenvalue weighted by atomic mass is 10.1. The number of thiazole rings is 1. The third-order valence-electron chi connectivity index (χ3n) is 6.26. The number of aromatic nitrogens is 1. The van der Waals surface area contributed by atoms with Gasteiger partial charge in [-0.15, -0.1) is 11.3 Å². The average Bonchev–Trinajstić information content (AvgIpc) is 3.33. The standard InChI is InChI=1S/C25H29FN2O5S2/c1-16-5-6-18(26)14-23(16)35(29,30)20-7-9-28(10-8-20)25-27-19(15-34-25)11-17-12-21(31-2)24(33-4)22(13-17)32-3/h5-6,12-15,20H,7-11H2,1-4H3. The molecule has 1 aromatic heterocycles. The molecule has 0 saturated carbocycles. The van der Waals surface area contributed by atoms with Crippen LogP contribution >= 0.6 is 11.3 Å². The minimum atomic E-state index is -3.59. The normalized spacial score (nSPS) is 14.7. The van der Waals surface area contributed by atoms with Crippen LogP contribution in [0.15, 0.2) is 40.6 Å². The summed E-state index contributed by atoms with van der Waals surface area (Å²) in [5.41, 5.74) is 2.46. The number of halogens is 1. The molecule has 0 amide bonds. The molecule has 0 unspecified atom stereocenters. The zero-order valence-electron chi connectivity index (χ0n) is 20.2. The molecule has 1 aliphatic heterocycles. The van der Waals surface area contributed by atoms with Gasteiger partial charge in [0.2, 0.25) is 5.75 Å². The first-order valence-electron chi connectivity index (χ1n) is 11.2. The van der Waals surface area contributed by atoms with Crippen molar-refractivity contribution < 1.29 is 27.0 Å². The second kappa shape index (κ2) is 10.4. The second-order valence-electron chi connectivity index (χ2n) is 8.47. The van der Waals surface area contributed by atoms with Crippen molar-refractivity contribution in [2.75, 3.05) is 39.3 Å². The molecule has 0 bridgehead atoms. The molecular formula is C25H29FN2O5S2. The van der Waals surface area contributed by atoms with Crippen molar-refractivity contribution in [3.05, 3.63) is 58.3 Å². The Morgan fingerprint density at radius 3 is 2.31 bits per heavy atom. The first kappa shape index (κ1) is 25.2. The number of rotatable bonds is 8. The van der Waals surface area contributed by atoms with Crippen LogP contribution < -0.4 is 19.1 Å². The lowest BCUT2D eigenvalue weighted by Crippen LogP contribution is -2.39. The van der Waals surface area contributed by atoms with Crippen molar-refractivity contribution in [3.63, 3.8) is 0 Å². The first-order valence-corrected chi connectivity index (χ1v) is 13.7. The first-order chi connectivity index (χ1) is 16.8. The minimum Gasteiger partial charge on any atom is -0.493 e. The van der Waals surface area contributed by atoms with Gasteiger partial charge >= 0.3 is 0 Å². The molecule has 0 N–H and O–H groups in total. The van der Waals surface area contributed by atoms with Crippen molar-refractivity contribution in [1.29, 1.82) is 0 Å². The van der Waals surface area contributed by atoms with E-state index in [0.29, 0.717) is 55.2 Å². The molecule has 0 aliphatic carbocycles. The van der Waals surface area contributed by atoms with E-state index in [2.05, 4.69) is 4.90 Å². The third-order valence-corrected chi connectivity index (χ3v) is 9.61. The van der Waals surface area contributed by atoms with Crippen LogP contribution in [0.4, 0.5) is 9.52 Å². The second-order valence-corrected chi connectivity index (χ2v) is 11.5. The molecule has 0 atom stereocenters. The number of aryl methyl sites for hydroxylation is 1. The molecule has 4 rings (SSSR count). The summed E-state index contributed by atoms with van der Waals surface area (Å²) in [7, 11) is 1.15. The Labute approximate surface area is 209 Å². The molecule has 0 radical (unpaired) electrons. The van der Waals surface area contributed by atoms with Gasteiger partial charge in [-0.2, -0.15) is 0 Å². The highest BCUT2D eigenvalue weighted by Crippen LogP contribution is 2.39. The predicted molar refractivity (Wildman–Crippen MR) is 135 cm³/mol. The number of benzene rings is 2. The molecule has 35 heavy (non-hydrogen) atoms. The van der Waals surface area contributed by atoms with Crippen LogP contribution in [0.5, 0.6) is 17.2 Å². The summed E-state index contributed by atoms with van der Waals surface area (Å²) in [6, 6.07) is 7.75. The lowest BCUT2D eigenvalue weighted by Gasteiger charge is -2.31. The molecule has 1 aliphatic rings. The molecular weight excluding hydrogens is 491 g/mol. The smallest absolute Gasteiger partial charge is 0.203 e. The van der Waals surface area contributed by atoms with Gasteiger partial charge in [0.15, 0.2) is 26.5 Å². The quantitative estimate of drug-likeness (QED) is 0.428. The van der Waals surface area contributed by atoms with Gasteiger partial charge in [0.05, 0.1) is 37.2 Å². The summed E-state index contributed by atoms with van der Waals surface area (Å²) in [5, 5.41) is 2.35. The SMILES string of the molecule is COc1cc(Cc2csc(N3CCC(S(=O)(=O)c4cc(F)ccc4C)CC3)n2)cc(OC)c1OC. The monoisotopic (exact) mass is 520 g/mol. The Bertz CT molecular complexity index is 1280. The van der Waals surface area contributed by atoms with Crippen LogP contribution in [0.1, 0.15) is 29.7 Å². The Kier molecular flexibility index (Phi) is 7.51. The summed E-state index contributed by atoms with van der Waals surface area (Å²) >= 11 is 1.54. The third kappa shape index (κ3) is 5.23. The van der Waals surface area contributed by atoms with Crippen LogP contribution in [0.25, 0.3) is 0 Å². The van der Waals surface area contributed by atoms with Crippen molar-refractivity contribution >= 4 is 26.3 Å². The van der Waals surface area contributed by atoms with Crippen molar-refractivity contribution in [1.82, 2.24) is 4.98 Å². The molecule has 3 aromatic rings. The minimum absolute atomic E-state index is 0.0952. The number of sulfone groups is 1. The molecule has 0 spiro atoms. The maximum absolute atomic E-state index is 13.7. The summed E-state index contributed by atoms with van der Waals surface area (Å²) in [6.45, 7) is 2.86. The molecule has 188 valence electrons. The number of hydrogen-bond acceptors (Lipinski definition) is 8. The number of hydrogen-bond donors (Lipinski definition) is 0. The maximum atomic E-state index is 13.7. The van der Waals surface area contributed by atoms with Gasteiger partial charge in [-0.1, -0.05) is 6.07 Å². The van der Waals surface area contributed by atoms with E-state index in [1.54, 1.807) is 39.6 Å². The van der Waals surface area contributed by atoms with Crippen LogP contribution in [0, 0.1) is 12.7 Å². The van der Waals surface area contributed by atoms with Gasteiger partial charge in [-0.05, 0) is 55.2 Å². The fourth-order valence-electron chi connectivity index (χ4n) is 4.39. The van der Waals surface area contributed by atoms with Gasteiger partial charge in [0, 0.05) is 24.9 Å². The van der Waals surface area contributed by atoms with Gasteiger partial charge in [-0.25, -0.2) is 17.8 Å². The maximum Gasteiger partial charge on any atom is 0.203 e. The number of methoxy groups -OCH3 is 3. The molecule has 1 fully saturated rings. The largest absolute Gasteiger partial charge is 0.493 e. The van der Waals surface area contributed by atoms with Gasteiger partial charge < -0.3 is 19.1 Å². The predicted octanol–water partition coefficient (Wildman–Crippen LogP) is 4.65. The van der Waals surface area contributed by atoms with Gasteiger partial charge in [0.25, 0.3) is 0 Å². The molecule has 1 saturated heterocycles. The van der Waals surface area contributed by atoms with Crippen LogP contribution in [0.3, 0.4) is 0 Å². The fourth-order valence-corrected chi connectivity index (χ4v) is 7.25. The Hall–Kier alpha value is -2.85. The Morgan fingerprint density at radius 2 is 1.71 bits per heavy atom. The highest BCUT2D eigenvalue weighted by Gasteiger charge is 2.33. The lowest BCUT2D eigenvalue weighted by molar-refractivity contribution is 0.324. The van der Waals surface area contributed by atoms with Crippen molar-refractivity contribution in [2.45, 2.75) is 36.3 Å². The molecule has 2 aromatic carbocycles.